The lowest BCUT2D eigenvalue weighted by Crippen LogP contribution is -2.66. The molecule has 3 fully saturated rings. The van der Waals surface area contributed by atoms with E-state index >= 15 is 24.0 Å². The smallest absolute Gasteiger partial charge is 0.335 e. The Kier molecular flexibility index (Phi) is 30.0. The Morgan fingerprint density at radius 2 is 1.04 bits per heavy atom. The highest BCUT2D eigenvalue weighted by molar-refractivity contribution is 6.37. The third-order valence-corrected chi connectivity index (χ3v) is 24.8. The molecule has 3 saturated heterocycles. The van der Waals surface area contributed by atoms with E-state index in [0.717, 1.165) is 79.2 Å². The molecule has 16 rings (SSSR count). The number of carbonyl (C=O) groups excluding carboxylic acids is 7. The first-order chi connectivity index (χ1) is 63.6. The number of benzene rings is 7. The second kappa shape index (κ2) is 40.8. The molecule has 7 aromatic carbocycles. The summed E-state index contributed by atoms with van der Waals surface area (Å²) in [4.78, 5) is 139. The van der Waals surface area contributed by atoms with Gasteiger partial charge in [0.1, 0.15) is 150 Å². The van der Waals surface area contributed by atoms with E-state index in [1.54, 1.807) is 0 Å². The number of aromatic hydroxyl groups is 4. The van der Waals surface area contributed by atoms with Crippen LogP contribution in [0, 0.1) is 5.92 Å². The summed E-state index contributed by atoms with van der Waals surface area (Å²) < 4.78 is 56.2. The summed E-state index contributed by atoms with van der Waals surface area (Å²) >= 11 is 36.3. The summed E-state index contributed by atoms with van der Waals surface area (Å²) in [7, 11) is 1.32. The largest absolute Gasteiger partial charge is 0.508 e. The first kappa shape index (κ1) is 98.8. The number of fused-ring (bicyclic) bond motifs is 14. The average Bonchev–Trinajstić information content (AvgIpc) is 0.748. The van der Waals surface area contributed by atoms with E-state index in [1.165, 1.54) is 19.2 Å². The molecule has 1 unspecified atom stereocenters. The molecular weight excluding hydrogens is 1880 g/mol. The molecule has 9 aliphatic heterocycles. The van der Waals surface area contributed by atoms with Gasteiger partial charge in [-0.25, -0.2) is 9.59 Å². The number of aliphatic hydroxyl groups excluding tert-OH is 11. The van der Waals surface area contributed by atoms with Gasteiger partial charge in [0.15, 0.2) is 47.2 Å². The van der Waals surface area contributed by atoms with Crippen LogP contribution in [0.15, 0.2) is 97.1 Å². The maximum absolute atomic E-state index is 17.1. The van der Waals surface area contributed by atoms with Gasteiger partial charge >= 0.3 is 11.9 Å². The third kappa shape index (κ3) is 20.2. The van der Waals surface area contributed by atoms with Crippen molar-refractivity contribution in [1.82, 2.24) is 42.5 Å². The molecule has 48 heteroatoms. The van der Waals surface area contributed by atoms with Crippen molar-refractivity contribution < 1.29 is 173 Å². The minimum atomic E-state index is -2.79. The minimum absolute atomic E-state index is 0.0419. The molecule has 9 heterocycles. The SMILES string of the molecule is CN[C@@H]1C(=O)N[C@H]2C(=O)NC(C(=O)N[C@H]3C(=O)N[C@H]4C(=O)N[C@H](C(=O)N[C@H](C(=O)O)c5cc(O)cc(O)c5-c5cc4cc(Cl)c5O[C@@H]4O[C@H](CO)[C@@H](O)[C@H](O)[C@H]4O)[C@H](O[C@H]4O[C@H](C(=O)O)[C@@H](O)[C@H](O)[C@H]4NC(=O)CCCCCC(C)C)c4cc(Cl)c(c(Cl)c4)Oc4cc3cc(c4O[C@@H]3O[C@H](CO)[C@@H](O)[C@H](O)[C@@H]3O)Oc3ccc(cc3Cl)[C@H]2O)c2cc(cc(O)c2Cl)Oc2cc1ccc2O. The van der Waals surface area contributed by atoms with Crippen LogP contribution in [0.2, 0.25) is 25.1 Å². The van der Waals surface area contributed by atoms with Crippen molar-refractivity contribution in [2.24, 2.45) is 5.92 Å². The molecule has 0 aliphatic carbocycles. The zero-order chi connectivity index (χ0) is 96.9. The Morgan fingerprint density at radius 1 is 0.470 bits per heavy atom. The fraction of sp³-hybridized carbons (Fsp3) is 0.407. The van der Waals surface area contributed by atoms with Crippen molar-refractivity contribution in [3.8, 4) is 80.1 Å². The number of amides is 7. The highest BCUT2D eigenvalue weighted by Gasteiger charge is 2.54. The average molecular weight is 1970 g/mol. The zero-order valence-electron chi connectivity index (χ0n) is 70.0. The number of carboxylic acids is 2. The molecule has 17 bridgehead atoms. The van der Waals surface area contributed by atoms with Crippen LogP contribution in [-0.2, 0) is 62.1 Å². The summed E-state index contributed by atoms with van der Waals surface area (Å²) in [5.41, 5.74) is -5.62. The molecule has 0 saturated carbocycles. The van der Waals surface area contributed by atoms with Crippen molar-refractivity contribution >= 4 is 111 Å². The molecule has 134 heavy (non-hydrogen) atoms. The fourth-order valence-corrected chi connectivity index (χ4v) is 17.6. The molecule has 0 spiro atoms. The minimum Gasteiger partial charge on any atom is -0.508 e. The number of carbonyl (C=O) groups is 9. The van der Waals surface area contributed by atoms with Gasteiger partial charge in [0.2, 0.25) is 59.7 Å². The monoisotopic (exact) mass is 1970 g/mol. The Bertz CT molecular complexity index is 5720. The number of likely N-dealkylation sites (N-methyl/N-ethyl adjacent to an activating group) is 1. The van der Waals surface area contributed by atoms with E-state index in [2.05, 4.69) is 42.5 Å². The van der Waals surface area contributed by atoms with Crippen molar-refractivity contribution in [2.75, 3.05) is 20.3 Å². The molecule has 9 aliphatic rings. The first-order valence-electron chi connectivity index (χ1n) is 41.4. The number of aliphatic carboxylic acids is 2. The van der Waals surface area contributed by atoms with Gasteiger partial charge in [-0.1, -0.05) is 103 Å². The highest BCUT2D eigenvalue weighted by atomic mass is 35.5. The third-order valence-electron chi connectivity index (χ3n) is 23.3. The van der Waals surface area contributed by atoms with E-state index in [4.69, 9.17) is 101 Å². The number of ether oxygens (including phenoxy) is 9. The van der Waals surface area contributed by atoms with E-state index < -0.39 is 346 Å². The van der Waals surface area contributed by atoms with Crippen LogP contribution in [0.25, 0.3) is 11.1 Å². The number of unbranched alkanes of at least 4 members (excludes halogenated alkanes) is 2. The normalized spacial score (nSPS) is 29.3. The summed E-state index contributed by atoms with van der Waals surface area (Å²) in [5.74, 6) is -23.7. The van der Waals surface area contributed by atoms with Crippen molar-refractivity contribution in [1.29, 1.82) is 0 Å². The predicted molar refractivity (Wildman–Crippen MR) is 459 cm³/mol. The number of nitrogens with one attached hydrogen (secondary N) is 8. The molecule has 0 radical (unpaired) electrons. The maximum atomic E-state index is 17.1. The lowest BCUT2D eigenvalue weighted by molar-refractivity contribution is -0.278. The van der Waals surface area contributed by atoms with Crippen LogP contribution >= 0.6 is 58.0 Å². The summed E-state index contributed by atoms with van der Waals surface area (Å²) in [6.45, 7) is 1.77. The van der Waals surface area contributed by atoms with Gasteiger partial charge in [0, 0.05) is 40.8 Å². The van der Waals surface area contributed by atoms with Crippen LogP contribution in [0.1, 0.15) is 127 Å². The van der Waals surface area contributed by atoms with Gasteiger partial charge in [0.05, 0.1) is 38.3 Å². The van der Waals surface area contributed by atoms with Crippen LogP contribution in [0.3, 0.4) is 0 Å². The number of rotatable bonds is 18. The maximum Gasteiger partial charge on any atom is 0.335 e. The molecule has 24 atom stereocenters. The Hall–Kier alpha value is -11.2. The fourth-order valence-electron chi connectivity index (χ4n) is 16.3. The van der Waals surface area contributed by atoms with Crippen molar-refractivity contribution in [3.63, 3.8) is 0 Å². The van der Waals surface area contributed by atoms with Gasteiger partial charge < -0.3 is 172 Å². The molecule has 25 N–H and O–H groups in total. The van der Waals surface area contributed by atoms with Gasteiger partial charge in [-0.2, -0.15) is 0 Å². The number of phenolic OH excluding ortho intramolecular Hbond substituents is 4. The van der Waals surface area contributed by atoms with E-state index in [-0.39, 0.29) is 29.9 Å². The zero-order valence-corrected chi connectivity index (χ0v) is 73.7. The summed E-state index contributed by atoms with van der Waals surface area (Å²) in [6.07, 6.45) is -34.5. The number of phenols is 4. The summed E-state index contributed by atoms with van der Waals surface area (Å²) in [6, 6.07) is -4.52. The first-order valence-corrected chi connectivity index (χ1v) is 43.2. The Labute approximate surface area is 782 Å². The topological polar surface area (TPSA) is 677 Å². The Morgan fingerprint density at radius 3 is 1.65 bits per heavy atom. The van der Waals surface area contributed by atoms with Gasteiger partial charge in [0.25, 0.3) is 0 Å². The lowest BCUT2D eigenvalue weighted by atomic mass is 9.89. The Balaban J connectivity index is 1.06. The van der Waals surface area contributed by atoms with Crippen LogP contribution in [0.5, 0.6) is 69.0 Å². The van der Waals surface area contributed by atoms with Crippen LogP contribution in [0.4, 0.5) is 0 Å². The predicted octanol–water partition coefficient (Wildman–Crippen LogP) is 2.29. The number of hydrogen-bond donors (Lipinski definition) is 25. The van der Waals surface area contributed by atoms with Gasteiger partial charge in [-0.15, -0.1) is 0 Å². The standard InChI is InChI=1S/C86H89Cl5N8O35/c1-27(2)7-5-4-6-8-51(106)93-60-65(110)68(113)75(83(124)125)134-84(60)131-71-32-16-40(89)73(41(90)17-32)128-48-20-31-19-47(74(48)133-86-70(115)67(112)64(109)50(26-101)130-86)127-45-12-10-29(14-38(45)87)62(107)59-80(120)96-57(37-23-34(24-44(105)53(37)91)126-46-18-28(9-11-42(46)103)54(92-3)76(116)98-59)79(119)95-56(31)77(117)94-55-30-13-36(72(39(88)15-30)132-85-69(114)66(111)63(108)49(25-100)129-85)52-35(21-33(102)22-43(52)104)58(82(122)123)97-81(121)61(71)99-78(55)118/h9-24,27,49-50,54-71,75,84-86,92,100-105,107-115H,4-8,25-26H2,1-3H3,(H,93,106)(H,94,117)(H,95,119)(H,96,120)(H,97,121)(H,98,116)(H,99,118)(H,122,123)(H,124,125)/t49-,50-,54+,55-,56-,57?,58+,59-,60-,61+,62-,63-,64-,65-,66+,67+,68+,69-,70+,71-,75+,84+,85+,86+/m1/s1. The number of carboxylic acid groups (broad SMARTS) is 2. The summed E-state index contributed by atoms with van der Waals surface area (Å²) in [5, 5.41) is 210. The lowest BCUT2D eigenvalue weighted by Gasteiger charge is -2.43. The molecule has 7 amide bonds. The van der Waals surface area contributed by atoms with E-state index in [9.17, 15) is 106 Å². The molecular formula is C86H89Cl5N8O35. The second-order valence-corrected chi connectivity index (χ2v) is 34.8. The molecule has 7 aromatic rings. The van der Waals surface area contributed by atoms with Gasteiger partial charge in [-0.05, 0) is 120 Å². The van der Waals surface area contributed by atoms with Crippen LogP contribution < -0.4 is 66.2 Å². The van der Waals surface area contributed by atoms with Crippen LogP contribution in [-0.4, -0.2) is 265 Å². The van der Waals surface area contributed by atoms with Gasteiger partial charge in [-0.3, -0.25) is 33.6 Å². The van der Waals surface area contributed by atoms with E-state index in [0.29, 0.717) is 25.0 Å². The molecule has 43 nitrogen and oxygen atoms in total. The number of aliphatic hydroxyl groups is 11. The van der Waals surface area contributed by atoms with Crippen molar-refractivity contribution in [2.45, 2.75) is 193 Å². The van der Waals surface area contributed by atoms with E-state index in [1.807, 2.05) is 13.8 Å². The molecule has 718 valence electrons. The van der Waals surface area contributed by atoms with Crippen molar-refractivity contribution in [3.05, 3.63) is 161 Å². The number of hydrogen-bond acceptors (Lipinski definition) is 34. The quantitative estimate of drug-likeness (QED) is 0.0548. The highest BCUT2D eigenvalue weighted by Crippen LogP contribution is 2.53. The number of halogens is 5. The molecule has 0 aromatic heterocycles. The second-order valence-electron chi connectivity index (χ2n) is 32.8.